The van der Waals surface area contributed by atoms with Gasteiger partial charge in [0.2, 0.25) is 11.8 Å². The van der Waals surface area contributed by atoms with E-state index in [1.807, 2.05) is 29.8 Å². The van der Waals surface area contributed by atoms with Crippen molar-refractivity contribution in [3.05, 3.63) is 77.2 Å². The molecule has 2 aliphatic heterocycles. The molecule has 3 aromatic carbocycles. The van der Waals surface area contributed by atoms with Gasteiger partial charge in [-0.15, -0.1) is 0 Å². The summed E-state index contributed by atoms with van der Waals surface area (Å²) in [4.78, 5) is 22.0. The van der Waals surface area contributed by atoms with Crippen LogP contribution in [-0.4, -0.2) is 82.5 Å². The number of likely N-dealkylation sites (tertiary alicyclic amines) is 2. The Labute approximate surface area is 306 Å². The van der Waals surface area contributed by atoms with E-state index in [9.17, 15) is 15.3 Å². The van der Waals surface area contributed by atoms with Crippen molar-refractivity contribution in [2.75, 3.05) is 33.9 Å². The molecule has 12 heteroatoms. The maximum absolute atomic E-state index is 17.3. The fourth-order valence-electron chi connectivity index (χ4n) is 8.07. The van der Waals surface area contributed by atoms with Crippen LogP contribution in [0.1, 0.15) is 50.6 Å². The number of aromatic nitrogens is 3. The maximum atomic E-state index is 17.3. The van der Waals surface area contributed by atoms with Crippen LogP contribution < -0.4 is 4.74 Å². The number of fused-ring (bicyclic) bond motifs is 4. The molecule has 52 heavy (non-hydrogen) atoms. The molecule has 0 aliphatic carbocycles. The Kier molecular flexibility index (Phi) is 10.1. The molecule has 0 spiro atoms. The van der Waals surface area contributed by atoms with Crippen LogP contribution in [0, 0.1) is 28.5 Å². The van der Waals surface area contributed by atoms with E-state index < -0.39 is 5.82 Å². The molecule has 2 aliphatic rings. The molecule has 2 aromatic heterocycles. The lowest BCUT2D eigenvalue weighted by Gasteiger charge is -2.38. The van der Waals surface area contributed by atoms with E-state index in [1.54, 1.807) is 48.5 Å². The van der Waals surface area contributed by atoms with Crippen molar-refractivity contribution in [2.45, 2.75) is 63.3 Å². The summed E-state index contributed by atoms with van der Waals surface area (Å²) in [7, 11) is 3.64. The van der Waals surface area contributed by atoms with Gasteiger partial charge in [0.15, 0.2) is 5.82 Å². The van der Waals surface area contributed by atoms with E-state index in [0.717, 1.165) is 24.8 Å². The Hall–Kier alpha value is -5.07. The smallest absolute Gasteiger partial charge is 0.246 e. The Morgan fingerprint density at radius 3 is 2.71 bits per heavy atom. The van der Waals surface area contributed by atoms with E-state index in [-0.39, 0.29) is 58.5 Å². The number of hydrogen-bond acceptors (Lipinski definition) is 8. The largest absolute Gasteiger partial charge is 0.472 e. The minimum absolute atomic E-state index is 0.0755. The van der Waals surface area contributed by atoms with Crippen molar-refractivity contribution in [1.82, 2.24) is 24.6 Å². The predicted octanol–water partition coefficient (Wildman–Crippen LogP) is 7.58. The van der Waals surface area contributed by atoms with E-state index in [0.29, 0.717) is 58.8 Å². The maximum Gasteiger partial charge on any atom is 0.246 e. The van der Waals surface area contributed by atoms with Gasteiger partial charge in [0.05, 0.1) is 58.9 Å². The lowest BCUT2D eigenvalue weighted by molar-refractivity contribution is -0.130. The summed E-state index contributed by atoms with van der Waals surface area (Å²) in [6, 6.07) is 16.7. The van der Waals surface area contributed by atoms with E-state index in [2.05, 4.69) is 24.1 Å². The van der Waals surface area contributed by atoms with Crippen molar-refractivity contribution in [3.63, 3.8) is 0 Å². The van der Waals surface area contributed by atoms with Gasteiger partial charge in [-0.25, -0.2) is 9.37 Å². The number of carbonyl (C=O) groups excluding carboxylic acids is 1. The number of methoxy groups -OCH3 is 1. The van der Waals surface area contributed by atoms with Gasteiger partial charge in [0, 0.05) is 48.2 Å². The third-order valence-corrected chi connectivity index (χ3v) is 10.9. The number of halogens is 2. The summed E-state index contributed by atoms with van der Waals surface area (Å²) in [5, 5.41) is 27.2. The Morgan fingerprint density at radius 2 is 1.98 bits per heavy atom. The number of carbonyl (C=O) groups is 1. The molecule has 4 heterocycles. The molecule has 266 valence electrons. The summed E-state index contributed by atoms with van der Waals surface area (Å²) in [5.41, 5.74) is 1.75. The van der Waals surface area contributed by atoms with Gasteiger partial charge >= 0.3 is 0 Å². The molecular formula is C40H39ClFN7O3. The molecule has 10 nitrogen and oxygen atoms in total. The average Bonchev–Trinajstić information content (AvgIpc) is 3.79. The summed E-state index contributed by atoms with van der Waals surface area (Å²) < 4.78 is 30.8. The molecule has 0 N–H and O–H groups in total. The number of nitrogens with zero attached hydrogens (tertiary/aromatic N) is 7. The first-order valence-corrected chi connectivity index (χ1v) is 17.9. The zero-order chi connectivity index (χ0) is 36.5. The number of piperidine rings is 1. The molecule has 4 atom stereocenters. The summed E-state index contributed by atoms with van der Waals surface area (Å²) in [6.45, 7) is 3.70. The number of benzene rings is 3. The van der Waals surface area contributed by atoms with Crippen LogP contribution in [0.25, 0.3) is 43.7 Å². The highest BCUT2D eigenvalue weighted by Gasteiger charge is 2.35. The number of rotatable bonds is 9. The van der Waals surface area contributed by atoms with Gasteiger partial charge in [-0.05, 0) is 69.3 Å². The lowest BCUT2D eigenvalue weighted by atomic mass is 9.93. The van der Waals surface area contributed by atoms with Crippen molar-refractivity contribution in [3.8, 4) is 29.1 Å². The number of nitriles is 2. The molecule has 5 aromatic rings. The fourth-order valence-corrected chi connectivity index (χ4v) is 8.36. The lowest BCUT2D eigenvalue weighted by Crippen LogP contribution is -2.46. The van der Waals surface area contributed by atoms with Gasteiger partial charge in [-0.3, -0.25) is 14.4 Å². The van der Waals surface area contributed by atoms with Crippen LogP contribution in [0.4, 0.5) is 4.39 Å². The first kappa shape index (κ1) is 35.3. The first-order chi connectivity index (χ1) is 25.2. The minimum Gasteiger partial charge on any atom is -0.472 e. The molecule has 1 amide bonds. The molecule has 2 fully saturated rings. The van der Waals surface area contributed by atoms with Crippen LogP contribution in [-0.2, 0) is 9.53 Å². The Bertz CT molecular complexity index is 2290. The van der Waals surface area contributed by atoms with Crippen LogP contribution in [0.15, 0.2) is 60.8 Å². The van der Waals surface area contributed by atoms with Gasteiger partial charge in [0.1, 0.15) is 11.6 Å². The number of amides is 1. The highest BCUT2D eigenvalue weighted by atomic mass is 35.5. The fraction of sp³-hybridized carbons (Fsp3) is 0.375. The molecule has 7 rings (SSSR count). The molecular weight excluding hydrogens is 681 g/mol. The van der Waals surface area contributed by atoms with Crippen molar-refractivity contribution < 1.29 is 18.7 Å². The highest BCUT2D eigenvalue weighted by molar-refractivity contribution is 6.35. The van der Waals surface area contributed by atoms with Gasteiger partial charge in [0.25, 0.3) is 0 Å². The third kappa shape index (κ3) is 6.34. The van der Waals surface area contributed by atoms with Gasteiger partial charge in [-0.1, -0.05) is 48.0 Å². The second-order valence-electron chi connectivity index (χ2n) is 13.6. The Morgan fingerprint density at radius 1 is 1.17 bits per heavy atom. The number of hydrogen-bond donors (Lipinski definition) is 0. The van der Waals surface area contributed by atoms with Crippen LogP contribution >= 0.6 is 11.6 Å². The zero-order valence-corrected chi connectivity index (χ0v) is 30.1. The quantitative estimate of drug-likeness (QED) is 0.143. The third-order valence-electron chi connectivity index (χ3n) is 10.6. The number of pyridine rings is 1. The SMILES string of the molecule is COC/C=C/C(=O)N1CC[C@H](n2ncc3c(O[C@@H](C)[C@@H]4CCCN4C)nc4c(F)c(-c5cccc6cccc(C#N)c56)c(Cl)cc4c32)C[C@H]1CC#N. The summed E-state index contributed by atoms with van der Waals surface area (Å²) >= 11 is 7.03. The summed E-state index contributed by atoms with van der Waals surface area (Å²) in [6.07, 6.45) is 7.84. The average molecular weight is 720 g/mol. The number of likely N-dealkylation sites (N-methyl/N-ethyl adjacent to an activating group) is 1. The molecule has 0 saturated carbocycles. The zero-order valence-electron chi connectivity index (χ0n) is 29.4. The predicted molar refractivity (Wildman–Crippen MR) is 198 cm³/mol. The van der Waals surface area contributed by atoms with E-state index in [1.165, 1.54) is 6.08 Å². The van der Waals surface area contributed by atoms with Crippen molar-refractivity contribution in [1.29, 1.82) is 10.5 Å². The van der Waals surface area contributed by atoms with Crippen LogP contribution in [0.3, 0.4) is 0 Å². The van der Waals surface area contributed by atoms with Crippen LogP contribution in [0.5, 0.6) is 5.88 Å². The second-order valence-corrected chi connectivity index (χ2v) is 14.0. The van der Waals surface area contributed by atoms with Gasteiger partial charge in [-0.2, -0.15) is 15.6 Å². The van der Waals surface area contributed by atoms with E-state index in [4.69, 9.17) is 31.2 Å². The monoisotopic (exact) mass is 719 g/mol. The van der Waals surface area contributed by atoms with Crippen molar-refractivity contribution >= 4 is 50.1 Å². The second kappa shape index (κ2) is 14.9. The molecule has 0 bridgehead atoms. The first-order valence-electron chi connectivity index (χ1n) is 17.6. The van der Waals surface area contributed by atoms with Crippen molar-refractivity contribution in [2.24, 2.45) is 0 Å². The van der Waals surface area contributed by atoms with Gasteiger partial charge < -0.3 is 14.4 Å². The number of ether oxygens (including phenoxy) is 2. The summed E-state index contributed by atoms with van der Waals surface area (Å²) in [5.74, 6) is -0.529. The topological polar surface area (TPSA) is 120 Å². The highest BCUT2D eigenvalue weighted by Crippen LogP contribution is 2.44. The minimum atomic E-state index is -0.626. The molecule has 2 saturated heterocycles. The standard InChI is InChI=1S/C40H39ClFN7O3/c1-24(33-12-6-17-47(33)2)52-40-31-23-45-49(28-15-18-48(27(20-28)14-16-43)34(50)13-7-19-51-3)39(31)30-21-32(41)36(37(42)38(30)46-40)29-11-5-9-25-8-4-10-26(22-44)35(25)29/h4-5,7-11,13,21,23-24,27-28,33H,6,12,14-15,17-20H2,1-3H3/b13-7+/t24-,27+,28-,33-/m0/s1. The van der Waals surface area contributed by atoms with Crippen LogP contribution in [0.2, 0.25) is 5.02 Å². The molecule has 0 unspecified atom stereocenters. The molecule has 0 radical (unpaired) electrons. The Balaban J connectivity index is 1.39. The normalized spacial score (nSPS) is 20.1. The van der Waals surface area contributed by atoms with E-state index >= 15 is 4.39 Å².